The summed E-state index contributed by atoms with van der Waals surface area (Å²) < 4.78 is 1.92. The molecule has 0 radical (unpaired) electrons. The van der Waals surface area contributed by atoms with Crippen molar-refractivity contribution < 1.29 is 19.8 Å². The van der Waals surface area contributed by atoms with Crippen LogP contribution in [0.5, 0.6) is 5.75 Å². The Bertz CT molecular complexity index is 1950. The van der Waals surface area contributed by atoms with Crippen LogP contribution in [0, 0.1) is 0 Å². The van der Waals surface area contributed by atoms with Gasteiger partial charge in [-0.3, -0.25) is 9.36 Å². The Kier molecular flexibility index (Phi) is 6.77. The highest BCUT2D eigenvalue weighted by atomic mass is 16.4. The Morgan fingerprint density at radius 1 is 0.833 bits per heavy atom. The Morgan fingerprint density at radius 2 is 1.60 bits per heavy atom. The van der Waals surface area contributed by atoms with Crippen molar-refractivity contribution in [3.63, 3.8) is 0 Å². The van der Waals surface area contributed by atoms with E-state index in [1.165, 1.54) is 18.2 Å². The molecule has 3 aromatic carbocycles. The van der Waals surface area contributed by atoms with Crippen LogP contribution in [0.4, 0.5) is 5.82 Å². The Morgan fingerprint density at radius 3 is 2.33 bits per heavy atom. The van der Waals surface area contributed by atoms with Gasteiger partial charge in [0.25, 0.3) is 5.91 Å². The first-order valence-electron chi connectivity index (χ1n) is 13.0. The maximum Gasteiger partial charge on any atom is 0.339 e. The number of nitrogens with one attached hydrogen (secondary N) is 1. The lowest BCUT2D eigenvalue weighted by molar-refractivity contribution is 0.0693. The zero-order valence-electron chi connectivity index (χ0n) is 22.1. The summed E-state index contributed by atoms with van der Waals surface area (Å²) in [6.45, 7) is 0.152. The SMILES string of the molecule is Nc1ncccc1-c1nc2ccc(-c3ccccc3)nc2n1-c1ccc(CNC(=O)c2cccc(C(=O)O)c2O)cc1. The molecule has 5 N–H and O–H groups in total. The van der Waals surface area contributed by atoms with E-state index in [0.717, 1.165) is 22.5 Å². The van der Waals surface area contributed by atoms with Crippen molar-refractivity contribution in [2.75, 3.05) is 5.73 Å². The average Bonchev–Trinajstić information content (AvgIpc) is 3.39. The van der Waals surface area contributed by atoms with E-state index in [2.05, 4.69) is 10.3 Å². The van der Waals surface area contributed by atoms with Crippen LogP contribution in [0.2, 0.25) is 0 Å². The third-order valence-electron chi connectivity index (χ3n) is 6.81. The molecule has 10 heteroatoms. The van der Waals surface area contributed by atoms with Crippen molar-refractivity contribution in [1.29, 1.82) is 0 Å². The molecule has 3 aromatic heterocycles. The molecular formula is C32H24N6O4. The van der Waals surface area contributed by atoms with E-state index in [1.807, 2.05) is 77.4 Å². The molecule has 0 saturated carbocycles. The zero-order chi connectivity index (χ0) is 29.2. The van der Waals surface area contributed by atoms with Gasteiger partial charge in [0.2, 0.25) is 0 Å². The van der Waals surface area contributed by atoms with E-state index in [0.29, 0.717) is 28.4 Å². The summed E-state index contributed by atoms with van der Waals surface area (Å²) in [4.78, 5) is 38.0. The molecule has 42 heavy (non-hydrogen) atoms. The number of carbonyl (C=O) groups excluding carboxylic acids is 1. The van der Waals surface area contributed by atoms with E-state index in [4.69, 9.17) is 15.7 Å². The van der Waals surface area contributed by atoms with Gasteiger partial charge in [-0.25, -0.2) is 19.7 Å². The number of nitrogens with two attached hydrogens (primary N) is 1. The smallest absolute Gasteiger partial charge is 0.339 e. The number of fused-ring (bicyclic) bond motifs is 1. The molecule has 1 amide bonds. The number of anilines is 1. The van der Waals surface area contributed by atoms with Crippen LogP contribution >= 0.6 is 0 Å². The number of para-hydroxylation sites is 1. The molecule has 10 nitrogen and oxygen atoms in total. The van der Waals surface area contributed by atoms with Crippen LogP contribution in [0.25, 0.3) is 39.5 Å². The minimum Gasteiger partial charge on any atom is -0.506 e. The number of carboxylic acids is 1. The van der Waals surface area contributed by atoms with Gasteiger partial charge in [-0.2, -0.15) is 0 Å². The first-order valence-corrected chi connectivity index (χ1v) is 13.0. The number of aromatic hydroxyl groups is 1. The lowest BCUT2D eigenvalue weighted by Crippen LogP contribution is -2.23. The fourth-order valence-corrected chi connectivity index (χ4v) is 4.70. The number of nitrogen functional groups attached to an aromatic ring is 1. The van der Waals surface area contributed by atoms with E-state index >= 15 is 0 Å². The second-order valence-electron chi connectivity index (χ2n) is 9.47. The quantitative estimate of drug-likeness (QED) is 0.212. The van der Waals surface area contributed by atoms with Crippen molar-refractivity contribution in [1.82, 2.24) is 24.8 Å². The summed E-state index contributed by atoms with van der Waals surface area (Å²) >= 11 is 0. The number of amides is 1. The second kappa shape index (κ2) is 10.9. The minimum atomic E-state index is -1.32. The summed E-state index contributed by atoms with van der Waals surface area (Å²) in [6.07, 6.45) is 1.62. The molecule has 0 aliphatic heterocycles. The fourth-order valence-electron chi connectivity index (χ4n) is 4.70. The lowest BCUT2D eigenvalue weighted by atomic mass is 10.1. The van der Waals surface area contributed by atoms with E-state index in [9.17, 15) is 19.8 Å². The molecular weight excluding hydrogens is 532 g/mol. The molecule has 0 saturated heterocycles. The van der Waals surface area contributed by atoms with Crippen LogP contribution < -0.4 is 11.1 Å². The van der Waals surface area contributed by atoms with Gasteiger partial charge in [-0.15, -0.1) is 0 Å². The number of imidazole rings is 1. The molecule has 0 spiro atoms. The lowest BCUT2D eigenvalue weighted by Gasteiger charge is -2.12. The Balaban J connectivity index is 1.35. The average molecular weight is 557 g/mol. The molecule has 6 aromatic rings. The van der Waals surface area contributed by atoms with Crippen molar-refractivity contribution in [3.05, 3.63) is 120 Å². The molecule has 206 valence electrons. The third-order valence-corrected chi connectivity index (χ3v) is 6.81. The zero-order valence-corrected chi connectivity index (χ0v) is 22.1. The topological polar surface area (TPSA) is 156 Å². The number of hydrogen-bond donors (Lipinski definition) is 4. The second-order valence-corrected chi connectivity index (χ2v) is 9.47. The molecule has 0 bridgehead atoms. The van der Waals surface area contributed by atoms with Gasteiger partial charge >= 0.3 is 5.97 Å². The number of pyridine rings is 2. The summed E-state index contributed by atoms with van der Waals surface area (Å²) in [5.74, 6) is -1.56. The van der Waals surface area contributed by atoms with Crippen molar-refractivity contribution in [2.24, 2.45) is 0 Å². The van der Waals surface area contributed by atoms with Gasteiger partial charge in [0.05, 0.1) is 16.8 Å². The maximum absolute atomic E-state index is 12.7. The number of aromatic carboxylic acids is 1. The molecule has 3 heterocycles. The van der Waals surface area contributed by atoms with Crippen molar-refractivity contribution in [3.8, 4) is 34.1 Å². The highest BCUT2D eigenvalue weighted by molar-refractivity contribution is 6.01. The van der Waals surface area contributed by atoms with Gasteiger partial charge in [0.15, 0.2) is 11.5 Å². The number of phenols is 1. The van der Waals surface area contributed by atoms with Crippen LogP contribution in [0.1, 0.15) is 26.3 Å². The number of carbonyl (C=O) groups is 2. The van der Waals surface area contributed by atoms with Crippen LogP contribution in [-0.4, -0.2) is 41.6 Å². The summed E-state index contributed by atoms with van der Waals surface area (Å²) in [7, 11) is 0. The molecule has 0 aliphatic carbocycles. The van der Waals surface area contributed by atoms with Crippen LogP contribution in [0.3, 0.4) is 0 Å². The van der Waals surface area contributed by atoms with Crippen molar-refractivity contribution in [2.45, 2.75) is 6.54 Å². The summed E-state index contributed by atoms with van der Waals surface area (Å²) in [5.41, 5.74) is 11.1. The van der Waals surface area contributed by atoms with Gasteiger partial charge in [-0.05, 0) is 54.1 Å². The predicted octanol–water partition coefficient (Wildman–Crippen LogP) is 5.07. The molecule has 0 unspecified atom stereocenters. The van der Waals surface area contributed by atoms with E-state index in [-0.39, 0.29) is 17.7 Å². The number of carboxylic acid groups (broad SMARTS) is 1. The maximum atomic E-state index is 12.7. The van der Waals surface area contributed by atoms with Gasteiger partial charge < -0.3 is 21.3 Å². The number of rotatable bonds is 7. The first-order chi connectivity index (χ1) is 20.4. The van der Waals surface area contributed by atoms with Crippen LogP contribution in [0.15, 0.2) is 103 Å². The fraction of sp³-hybridized carbons (Fsp3) is 0.0312. The highest BCUT2D eigenvalue weighted by Crippen LogP contribution is 2.32. The minimum absolute atomic E-state index is 0.115. The first kappa shape index (κ1) is 26.2. The standard InChI is InChI=1S/C32H24N6O4/c33-28-24(10-5-17-34-28)29-37-26-16-15-25(20-6-2-1-3-7-20)36-30(26)38(29)21-13-11-19(12-14-21)18-35-31(40)22-8-4-9-23(27(22)39)32(41)42/h1-17,39H,18H2,(H2,33,34)(H,35,40)(H,41,42). The third kappa shape index (κ3) is 4.88. The van der Waals surface area contributed by atoms with E-state index < -0.39 is 17.6 Å². The number of benzene rings is 3. The predicted molar refractivity (Wildman–Crippen MR) is 158 cm³/mol. The highest BCUT2D eigenvalue weighted by Gasteiger charge is 2.20. The molecule has 0 aliphatic rings. The largest absolute Gasteiger partial charge is 0.506 e. The summed E-state index contributed by atoms with van der Waals surface area (Å²) in [5, 5.41) is 22.2. The van der Waals surface area contributed by atoms with Crippen molar-refractivity contribution >= 4 is 28.9 Å². The summed E-state index contributed by atoms with van der Waals surface area (Å²) in [6, 6.07) is 28.9. The number of nitrogens with zero attached hydrogens (tertiary/aromatic N) is 4. The Labute approximate surface area is 239 Å². The normalized spacial score (nSPS) is 11.0. The molecule has 0 fully saturated rings. The van der Waals surface area contributed by atoms with Crippen LogP contribution in [-0.2, 0) is 6.54 Å². The number of aromatic nitrogens is 4. The molecule has 0 atom stereocenters. The van der Waals surface area contributed by atoms with Gasteiger partial charge in [0, 0.05) is 24.0 Å². The monoisotopic (exact) mass is 556 g/mol. The van der Waals surface area contributed by atoms with E-state index in [1.54, 1.807) is 12.3 Å². The Hall–Kier alpha value is -6.03. The van der Waals surface area contributed by atoms with Gasteiger partial charge in [0.1, 0.15) is 22.6 Å². The molecule has 6 rings (SSSR count). The number of hydrogen-bond acceptors (Lipinski definition) is 7. The van der Waals surface area contributed by atoms with Gasteiger partial charge in [-0.1, -0.05) is 48.5 Å².